The molecule has 0 radical (unpaired) electrons. The highest BCUT2D eigenvalue weighted by molar-refractivity contribution is 7.10. The van der Waals surface area contributed by atoms with Crippen molar-refractivity contribution < 1.29 is 4.74 Å². The molecule has 1 aromatic heterocycles. The molecule has 1 aliphatic rings. The van der Waals surface area contributed by atoms with Gasteiger partial charge in [0, 0.05) is 6.04 Å². The zero-order valence-electron chi connectivity index (χ0n) is 10.9. The summed E-state index contributed by atoms with van der Waals surface area (Å²) in [7, 11) is 3.82. The van der Waals surface area contributed by atoms with E-state index in [9.17, 15) is 0 Å². The van der Waals surface area contributed by atoms with Crippen molar-refractivity contribution in [3.05, 3.63) is 16.3 Å². The minimum atomic E-state index is 0.466. The van der Waals surface area contributed by atoms with E-state index in [4.69, 9.17) is 4.74 Å². The van der Waals surface area contributed by atoms with Crippen LogP contribution in [0.1, 0.15) is 49.4 Å². The van der Waals surface area contributed by atoms with E-state index in [1.165, 1.54) is 43.4 Å². The highest BCUT2D eigenvalue weighted by Gasteiger charge is 2.22. The van der Waals surface area contributed by atoms with E-state index in [1.807, 2.05) is 11.3 Å². The van der Waals surface area contributed by atoms with Crippen LogP contribution in [0.4, 0.5) is 0 Å². The Bertz CT molecular complexity index is 331. The molecule has 2 nitrogen and oxygen atoms in total. The summed E-state index contributed by atoms with van der Waals surface area (Å²) in [5, 5.41) is 5.58. The zero-order chi connectivity index (χ0) is 12.1. The molecule has 1 heterocycles. The Morgan fingerprint density at radius 3 is 2.82 bits per heavy atom. The third kappa shape index (κ3) is 3.23. The molecular formula is C14H23NOS. The van der Waals surface area contributed by atoms with Crippen LogP contribution in [0.15, 0.2) is 11.4 Å². The van der Waals surface area contributed by atoms with E-state index >= 15 is 0 Å². The maximum Gasteiger partial charge on any atom is 0.134 e. The number of hydrogen-bond donors (Lipinski definition) is 1. The van der Waals surface area contributed by atoms with Crippen LogP contribution < -0.4 is 10.1 Å². The second-order valence-electron chi connectivity index (χ2n) is 4.93. The summed E-state index contributed by atoms with van der Waals surface area (Å²) in [4.78, 5) is 1.36. The van der Waals surface area contributed by atoms with Crippen LogP contribution in [-0.4, -0.2) is 14.2 Å². The third-order valence-electron chi connectivity index (χ3n) is 3.84. The molecule has 0 amide bonds. The normalized spacial score (nSPS) is 19.2. The summed E-state index contributed by atoms with van der Waals surface area (Å²) in [6.45, 7) is 0. The molecule has 17 heavy (non-hydrogen) atoms. The van der Waals surface area contributed by atoms with Crippen LogP contribution in [0.2, 0.25) is 0 Å². The molecule has 0 aromatic carbocycles. The number of ether oxygens (including phenoxy) is 1. The highest BCUT2D eigenvalue weighted by atomic mass is 32.1. The van der Waals surface area contributed by atoms with Crippen molar-refractivity contribution in [3.8, 4) is 5.75 Å². The zero-order valence-corrected chi connectivity index (χ0v) is 11.7. The van der Waals surface area contributed by atoms with Crippen molar-refractivity contribution >= 4 is 11.3 Å². The van der Waals surface area contributed by atoms with Gasteiger partial charge in [0.1, 0.15) is 5.75 Å². The second-order valence-corrected chi connectivity index (χ2v) is 5.88. The van der Waals surface area contributed by atoms with Gasteiger partial charge in [0.05, 0.1) is 12.0 Å². The molecule has 96 valence electrons. The summed E-state index contributed by atoms with van der Waals surface area (Å²) >= 11 is 1.81. The molecule has 1 aromatic rings. The Kier molecular flexibility index (Phi) is 4.86. The molecule has 1 aliphatic carbocycles. The van der Waals surface area contributed by atoms with E-state index in [0.717, 1.165) is 11.7 Å². The lowest BCUT2D eigenvalue weighted by Gasteiger charge is -2.26. The number of methoxy groups -OCH3 is 1. The van der Waals surface area contributed by atoms with Gasteiger partial charge >= 0.3 is 0 Å². The van der Waals surface area contributed by atoms with Crippen LogP contribution in [0.3, 0.4) is 0 Å². The summed E-state index contributed by atoms with van der Waals surface area (Å²) in [5.74, 6) is 1.94. The maximum absolute atomic E-state index is 5.43. The first-order chi connectivity index (χ1) is 8.35. The van der Waals surface area contributed by atoms with Crippen LogP contribution >= 0.6 is 11.3 Å². The topological polar surface area (TPSA) is 21.3 Å². The molecule has 1 atom stereocenters. The predicted octanol–water partition coefficient (Wildman–Crippen LogP) is 3.99. The largest absolute Gasteiger partial charge is 0.496 e. The van der Waals surface area contributed by atoms with Crippen molar-refractivity contribution in [2.45, 2.75) is 44.6 Å². The first kappa shape index (κ1) is 12.9. The summed E-state index contributed by atoms with van der Waals surface area (Å²) in [5.41, 5.74) is 0. The Labute approximate surface area is 108 Å². The molecule has 0 saturated heterocycles. The molecule has 1 unspecified atom stereocenters. The number of nitrogens with one attached hydrogen (secondary N) is 1. The number of rotatable bonds is 5. The van der Waals surface area contributed by atoms with Crippen LogP contribution in [0.5, 0.6) is 5.75 Å². The highest BCUT2D eigenvalue weighted by Crippen LogP contribution is 2.37. The molecular weight excluding hydrogens is 230 g/mol. The lowest BCUT2D eigenvalue weighted by molar-refractivity contribution is 0.303. The first-order valence-corrected chi connectivity index (χ1v) is 7.51. The molecule has 3 heteroatoms. The molecule has 1 saturated carbocycles. The average Bonchev–Trinajstić information content (AvgIpc) is 2.85. The van der Waals surface area contributed by atoms with E-state index in [1.54, 1.807) is 7.11 Å². The van der Waals surface area contributed by atoms with Gasteiger partial charge in [0.25, 0.3) is 0 Å². The van der Waals surface area contributed by atoms with Gasteiger partial charge in [-0.25, -0.2) is 0 Å². The van der Waals surface area contributed by atoms with E-state index < -0.39 is 0 Å². The molecule has 0 aliphatic heterocycles. The fraction of sp³-hybridized carbons (Fsp3) is 0.714. The van der Waals surface area contributed by atoms with Gasteiger partial charge in [-0.15, -0.1) is 11.3 Å². The standard InChI is InChI=1S/C14H23NOS/c1-15-12(10-11-6-4-3-5-7-11)14-13(16-2)8-9-17-14/h8-9,11-12,15H,3-7,10H2,1-2H3. The predicted molar refractivity (Wildman–Crippen MR) is 73.9 cm³/mol. The average molecular weight is 253 g/mol. The fourth-order valence-corrected chi connectivity index (χ4v) is 3.83. The molecule has 0 bridgehead atoms. The smallest absolute Gasteiger partial charge is 0.134 e. The monoisotopic (exact) mass is 253 g/mol. The van der Waals surface area contributed by atoms with Crippen LogP contribution in [0, 0.1) is 5.92 Å². The van der Waals surface area contributed by atoms with Gasteiger partial charge in [0.2, 0.25) is 0 Å². The quantitative estimate of drug-likeness (QED) is 0.856. The van der Waals surface area contributed by atoms with Gasteiger partial charge in [-0.3, -0.25) is 0 Å². The SMILES string of the molecule is CNC(CC1CCCCC1)c1sccc1OC. The number of hydrogen-bond acceptors (Lipinski definition) is 3. The van der Waals surface area contributed by atoms with E-state index in [2.05, 4.69) is 23.8 Å². The van der Waals surface area contributed by atoms with Crippen molar-refractivity contribution in [3.63, 3.8) is 0 Å². The third-order valence-corrected chi connectivity index (χ3v) is 4.85. The van der Waals surface area contributed by atoms with Crippen molar-refractivity contribution in [1.82, 2.24) is 5.32 Å². The Hall–Kier alpha value is -0.540. The second kappa shape index (κ2) is 6.41. The summed E-state index contributed by atoms with van der Waals surface area (Å²) < 4.78 is 5.43. The van der Waals surface area contributed by atoms with Gasteiger partial charge in [-0.1, -0.05) is 32.1 Å². The lowest BCUT2D eigenvalue weighted by Crippen LogP contribution is -2.20. The van der Waals surface area contributed by atoms with Gasteiger partial charge in [-0.2, -0.15) is 0 Å². The van der Waals surface area contributed by atoms with E-state index in [0.29, 0.717) is 6.04 Å². The fourth-order valence-electron chi connectivity index (χ4n) is 2.84. The molecule has 1 N–H and O–H groups in total. The minimum absolute atomic E-state index is 0.466. The Morgan fingerprint density at radius 2 is 2.18 bits per heavy atom. The van der Waals surface area contributed by atoms with E-state index in [-0.39, 0.29) is 0 Å². The summed E-state index contributed by atoms with van der Waals surface area (Å²) in [6, 6.07) is 2.54. The Morgan fingerprint density at radius 1 is 1.41 bits per heavy atom. The van der Waals surface area contributed by atoms with Crippen LogP contribution in [-0.2, 0) is 0 Å². The van der Waals surface area contributed by atoms with Crippen LogP contribution in [0.25, 0.3) is 0 Å². The van der Waals surface area contributed by atoms with Crippen molar-refractivity contribution in [2.75, 3.05) is 14.2 Å². The lowest BCUT2D eigenvalue weighted by atomic mass is 9.84. The summed E-state index contributed by atoms with van der Waals surface area (Å²) in [6.07, 6.45) is 8.35. The van der Waals surface area contributed by atoms with Crippen molar-refractivity contribution in [2.24, 2.45) is 5.92 Å². The maximum atomic E-state index is 5.43. The van der Waals surface area contributed by atoms with Crippen molar-refractivity contribution in [1.29, 1.82) is 0 Å². The Balaban J connectivity index is 2.00. The molecule has 1 fully saturated rings. The van der Waals surface area contributed by atoms with Gasteiger partial charge in [0.15, 0.2) is 0 Å². The first-order valence-electron chi connectivity index (χ1n) is 6.63. The van der Waals surface area contributed by atoms with Gasteiger partial charge in [-0.05, 0) is 30.8 Å². The molecule has 2 rings (SSSR count). The van der Waals surface area contributed by atoms with Gasteiger partial charge < -0.3 is 10.1 Å². The number of thiophene rings is 1. The minimum Gasteiger partial charge on any atom is -0.496 e. The molecule has 0 spiro atoms.